The number of amides is 1. The molecule has 0 saturated heterocycles. The monoisotopic (exact) mass is 146 g/mol. The van der Waals surface area contributed by atoms with E-state index < -0.39 is 6.09 Å². The van der Waals surface area contributed by atoms with E-state index in [2.05, 4.69) is 5.32 Å². The first kappa shape index (κ1) is 9.23. The fourth-order valence-corrected chi connectivity index (χ4v) is 0.418. The molecule has 1 amide bonds. The lowest BCUT2D eigenvalue weighted by atomic mass is 10.3. The van der Waals surface area contributed by atoms with Crippen molar-refractivity contribution in [1.29, 1.82) is 0 Å². The summed E-state index contributed by atoms with van der Waals surface area (Å²) in [5.74, 6) is 0. The number of rotatable bonds is 3. The SMILES string of the molecule is CC(CNC(=O)O)N(C)C. The van der Waals surface area contributed by atoms with E-state index in [1.54, 1.807) is 0 Å². The Bertz CT molecular complexity index is 114. The van der Waals surface area contributed by atoms with Gasteiger partial charge in [0.2, 0.25) is 0 Å². The molecular weight excluding hydrogens is 132 g/mol. The Kier molecular flexibility index (Phi) is 3.79. The van der Waals surface area contributed by atoms with Crippen molar-refractivity contribution in [3.63, 3.8) is 0 Å². The van der Waals surface area contributed by atoms with Crippen LogP contribution in [0, 0.1) is 0 Å². The van der Waals surface area contributed by atoms with Crippen LogP contribution in [0.3, 0.4) is 0 Å². The van der Waals surface area contributed by atoms with Crippen LogP contribution in [0.2, 0.25) is 0 Å². The molecule has 0 aromatic heterocycles. The molecule has 0 saturated carbocycles. The molecule has 1 unspecified atom stereocenters. The molecule has 0 aromatic rings. The molecule has 0 aliphatic heterocycles. The zero-order chi connectivity index (χ0) is 8.15. The van der Waals surface area contributed by atoms with E-state index in [1.807, 2.05) is 25.9 Å². The van der Waals surface area contributed by atoms with Gasteiger partial charge >= 0.3 is 6.09 Å². The predicted molar refractivity (Wildman–Crippen MR) is 39.2 cm³/mol. The van der Waals surface area contributed by atoms with Gasteiger partial charge in [-0.1, -0.05) is 0 Å². The van der Waals surface area contributed by atoms with Gasteiger partial charge < -0.3 is 15.3 Å². The number of likely N-dealkylation sites (N-methyl/N-ethyl adjacent to an activating group) is 1. The fourth-order valence-electron chi connectivity index (χ4n) is 0.418. The molecular formula is C6H14N2O2. The number of carboxylic acid groups (broad SMARTS) is 1. The lowest BCUT2D eigenvalue weighted by Crippen LogP contribution is -2.37. The minimum atomic E-state index is -0.964. The molecule has 0 spiro atoms. The van der Waals surface area contributed by atoms with Crippen LogP contribution in [-0.2, 0) is 0 Å². The standard InChI is InChI=1S/C6H14N2O2/c1-5(8(2)3)4-7-6(9)10/h5,7H,4H2,1-3H3,(H,9,10). The van der Waals surface area contributed by atoms with Crippen LogP contribution in [0.1, 0.15) is 6.92 Å². The number of carbonyl (C=O) groups is 1. The highest BCUT2D eigenvalue weighted by Crippen LogP contribution is 1.87. The molecule has 0 heterocycles. The molecule has 0 fully saturated rings. The van der Waals surface area contributed by atoms with Crippen molar-refractivity contribution in [1.82, 2.24) is 10.2 Å². The summed E-state index contributed by atoms with van der Waals surface area (Å²) in [6, 6.07) is 0.246. The van der Waals surface area contributed by atoms with Gasteiger partial charge in [0, 0.05) is 12.6 Å². The second-order valence-electron chi connectivity index (χ2n) is 2.50. The highest BCUT2D eigenvalue weighted by Gasteiger charge is 2.04. The molecule has 0 rings (SSSR count). The third-order valence-corrected chi connectivity index (χ3v) is 1.43. The molecule has 0 bridgehead atoms. The molecule has 60 valence electrons. The lowest BCUT2D eigenvalue weighted by Gasteiger charge is -2.18. The summed E-state index contributed by atoms with van der Waals surface area (Å²) >= 11 is 0. The smallest absolute Gasteiger partial charge is 0.404 e. The van der Waals surface area contributed by atoms with Crippen LogP contribution < -0.4 is 5.32 Å². The summed E-state index contributed by atoms with van der Waals surface area (Å²) in [6.45, 7) is 2.43. The van der Waals surface area contributed by atoms with Crippen molar-refractivity contribution in [3.8, 4) is 0 Å². The van der Waals surface area contributed by atoms with Crippen LogP contribution >= 0.6 is 0 Å². The fraction of sp³-hybridized carbons (Fsp3) is 0.833. The van der Waals surface area contributed by atoms with Gasteiger partial charge in [-0.2, -0.15) is 0 Å². The van der Waals surface area contributed by atoms with E-state index in [4.69, 9.17) is 5.11 Å². The minimum absolute atomic E-state index is 0.246. The first-order chi connectivity index (χ1) is 4.54. The first-order valence-corrected chi connectivity index (χ1v) is 3.17. The van der Waals surface area contributed by atoms with E-state index in [0.717, 1.165) is 0 Å². The quantitative estimate of drug-likeness (QED) is 0.598. The number of nitrogens with zero attached hydrogens (tertiary/aromatic N) is 1. The van der Waals surface area contributed by atoms with Gasteiger partial charge in [-0.05, 0) is 21.0 Å². The summed E-state index contributed by atoms with van der Waals surface area (Å²) in [6.07, 6.45) is -0.964. The highest BCUT2D eigenvalue weighted by atomic mass is 16.4. The van der Waals surface area contributed by atoms with E-state index in [1.165, 1.54) is 0 Å². The lowest BCUT2D eigenvalue weighted by molar-refractivity contribution is 0.189. The largest absolute Gasteiger partial charge is 0.465 e. The van der Waals surface area contributed by atoms with E-state index in [-0.39, 0.29) is 6.04 Å². The molecule has 10 heavy (non-hydrogen) atoms. The average molecular weight is 146 g/mol. The van der Waals surface area contributed by atoms with Crippen molar-refractivity contribution < 1.29 is 9.90 Å². The van der Waals surface area contributed by atoms with Gasteiger partial charge in [-0.3, -0.25) is 0 Å². The van der Waals surface area contributed by atoms with Crippen molar-refractivity contribution in [2.75, 3.05) is 20.6 Å². The summed E-state index contributed by atoms with van der Waals surface area (Å²) in [5.41, 5.74) is 0. The molecule has 0 aromatic carbocycles. The minimum Gasteiger partial charge on any atom is -0.465 e. The average Bonchev–Trinajstić information content (AvgIpc) is 1.82. The van der Waals surface area contributed by atoms with Gasteiger partial charge in [0.05, 0.1) is 0 Å². The Hall–Kier alpha value is -0.770. The third kappa shape index (κ3) is 4.14. The van der Waals surface area contributed by atoms with Crippen LogP contribution in [-0.4, -0.2) is 42.8 Å². The normalized spacial score (nSPS) is 13.2. The molecule has 0 aliphatic rings. The van der Waals surface area contributed by atoms with Crippen LogP contribution in [0.4, 0.5) is 4.79 Å². The van der Waals surface area contributed by atoms with E-state index >= 15 is 0 Å². The zero-order valence-electron chi connectivity index (χ0n) is 6.59. The first-order valence-electron chi connectivity index (χ1n) is 3.17. The maximum Gasteiger partial charge on any atom is 0.404 e. The van der Waals surface area contributed by atoms with Crippen LogP contribution in [0.5, 0.6) is 0 Å². The Balaban J connectivity index is 3.39. The predicted octanol–water partition coefficient (Wildman–Crippen LogP) is 0.204. The van der Waals surface area contributed by atoms with E-state index in [0.29, 0.717) is 6.54 Å². The summed E-state index contributed by atoms with van der Waals surface area (Å²) in [7, 11) is 3.82. The van der Waals surface area contributed by atoms with Crippen molar-refractivity contribution in [2.45, 2.75) is 13.0 Å². The van der Waals surface area contributed by atoms with Gasteiger partial charge in [0.15, 0.2) is 0 Å². The van der Waals surface area contributed by atoms with Crippen molar-refractivity contribution >= 4 is 6.09 Å². The van der Waals surface area contributed by atoms with E-state index in [9.17, 15) is 4.79 Å². The maximum atomic E-state index is 10.00. The third-order valence-electron chi connectivity index (χ3n) is 1.43. The molecule has 1 atom stereocenters. The zero-order valence-corrected chi connectivity index (χ0v) is 6.59. The van der Waals surface area contributed by atoms with Crippen LogP contribution in [0.25, 0.3) is 0 Å². The Labute approximate surface area is 60.8 Å². The Morgan fingerprint density at radius 2 is 2.20 bits per heavy atom. The van der Waals surface area contributed by atoms with Gasteiger partial charge in [-0.15, -0.1) is 0 Å². The summed E-state index contributed by atoms with van der Waals surface area (Å²) in [5, 5.41) is 10.5. The molecule has 0 aliphatic carbocycles. The van der Waals surface area contributed by atoms with Crippen molar-refractivity contribution in [3.05, 3.63) is 0 Å². The molecule has 4 nitrogen and oxygen atoms in total. The number of hydrogen-bond acceptors (Lipinski definition) is 2. The number of nitrogens with one attached hydrogen (secondary N) is 1. The molecule has 0 radical (unpaired) electrons. The van der Waals surface area contributed by atoms with Gasteiger partial charge in [-0.25, -0.2) is 4.79 Å². The van der Waals surface area contributed by atoms with Gasteiger partial charge in [0.25, 0.3) is 0 Å². The van der Waals surface area contributed by atoms with Gasteiger partial charge in [0.1, 0.15) is 0 Å². The summed E-state index contributed by atoms with van der Waals surface area (Å²) < 4.78 is 0. The Morgan fingerprint density at radius 1 is 1.70 bits per heavy atom. The molecule has 2 N–H and O–H groups in total. The second-order valence-corrected chi connectivity index (χ2v) is 2.50. The summed E-state index contributed by atoms with van der Waals surface area (Å²) in [4.78, 5) is 12.0. The van der Waals surface area contributed by atoms with Crippen LogP contribution in [0.15, 0.2) is 0 Å². The molecule has 4 heteroatoms. The van der Waals surface area contributed by atoms with Crippen molar-refractivity contribution in [2.24, 2.45) is 0 Å². The second kappa shape index (κ2) is 4.11. The highest BCUT2D eigenvalue weighted by molar-refractivity contribution is 5.64. The Morgan fingerprint density at radius 3 is 2.50 bits per heavy atom. The number of hydrogen-bond donors (Lipinski definition) is 2. The topological polar surface area (TPSA) is 52.6 Å². The maximum absolute atomic E-state index is 10.00.